The van der Waals surface area contributed by atoms with E-state index in [4.69, 9.17) is 0 Å². The van der Waals surface area contributed by atoms with E-state index in [1.165, 1.54) is 0 Å². The predicted molar refractivity (Wildman–Crippen MR) is 13.6 cm³/mol. The summed E-state index contributed by atoms with van der Waals surface area (Å²) in [6, 6.07) is 0. The molecule has 9 heavy (non-hydrogen) atoms. The maximum atomic E-state index is 0. The molecule has 0 bridgehead atoms. The third-order valence-corrected chi connectivity index (χ3v) is 0. The van der Waals surface area contributed by atoms with Crippen molar-refractivity contribution in [2.24, 2.45) is 0 Å². The van der Waals surface area contributed by atoms with Gasteiger partial charge in [-0.2, -0.15) is 0 Å². The van der Waals surface area contributed by atoms with Crippen LogP contribution in [0, 0.1) is 0 Å². The van der Waals surface area contributed by atoms with Crippen molar-refractivity contribution in [3.8, 4) is 0 Å². The molecule has 0 aromatic rings. The van der Waals surface area contributed by atoms with Gasteiger partial charge < -0.3 is 16.4 Å². The van der Waals surface area contributed by atoms with Crippen LogP contribution in [-0.4, -0.2) is 34.7 Å². The quantitative estimate of drug-likeness (QED) is 0.301. The van der Waals surface area contributed by atoms with Crippen LogP contribution in [0.5, 0.6) is 0 Å². The van der Waals surface area contributed by atoms with E-state index in [-0.39, 0.29) is 155 Å². The summed E-state index contributed by atoms with van der Waals surface area (Å²) in [6.07, 6.45) is 0. The second-order valence-corrected chi connectivity index (χ2v) is 0. The van der Waals surface area contributed by atoms with Crippen molar-refractivity contribution in [1.29, 1.82) is 0 Å². The van der Waals surface area contributed by atoms with Gasteiger partial charge in [0.05, 0.1) is 0 Å². The minimum absolute atomic E-state index is 0. The van der Waals surface area contributed by atoms with Gasteiger partial charge in [-0.05, 0) is 0 Å². The van der Waals surface area contributed by atoms with Crippen LogP contribution in [0.2, 0.25) is 0 Å². The maximum Gasteiger partial charge on any atom is 3.00 e. The van der Waals surface area contributed by atoms with Crippen LogP contribution in [0.25, 0.3) is 0 Å². The van der Waals surface area contributed by atoms with Crippen LogP contribution in [0.3, 0.4) is 0 Å². The molecule has 0 aliphatic heterocycles. The Balaban J connectivity index is 0. The van der Waals surface area contributed by atoms with Crippen LogP contribution in [0.4, 0.5) is 0 Å². The largest absolute Gasteiger partial charge is 3.00 e. The van der Waals surface area contributed by atoms with Gasteiger partial charge in [-0.15, -0.1) is 0 Å². The smallest absolute Gasteiger partial charge is 2.00 e. The van der Waals surface area contributed by atoms with Crippen LogP contribution in [0.1, 0.15) is 0 Å². The molecule has 3 nitrogen and oxygen atoms in total. The van der Waals surface area contributed by atoms with E-state index in [1.54, 1.807) is 0 Å². The molecule has 0 radical (unpaired) electrons. The number of hydrogen-bond donors (Lipinski definition) is 0. The summed E-state index contributed by atoms with van der Waals surface area (Å²) in [6.45, 7) is 0. The Kier molecular flexibility index (Phi) is 964. The van der Waals surface area contributed by atoms with Crippen LogP contribution in [-0.2, 0) is 121 Å². The topological polar surface area (TPSA) is 85.5 Å². The summed E-state index contributed by atoms with van der Waals surface area (Å²) in [7, 11) is 0. The first-order valence-corrected chi connectivity index (χ1v) is 0. The zero-order valence-corrected chi connectivity index (χ0v) is 18.8. The Morgan fingerprint density at radius 1 is 0.444 bits per heavy atom. The van der Waals surface area contributed by atoms with Crippen molar-refractivity contribution in [3.05, 3.63) is 0 Å². The molecule has 0 saturated heterocycles. The van der Waals surface area contributed by atoms with E-state index >= 15 is 0 Å². The molecule has 0 rings (SSSR count). The van der Waals surface area contributed by atoms with Crippen molar-refractivity contribution < 1.29 is 121 Å². The predicted octanol–water partition coefficient (Wildman–Crippen LogP) is -1.13. The van der Waals surface area contributed by atoms with Gasteiger partial charge >= 0.3 is 34.7 Å². The SMILES string of the molecule is [Al+3].[Al+3].[Hf].[Hf].[O-2].[O-2].[O-2].[Zr].[Zr]. The summed E-state index contributed by atoms with van der Waals surface area (Å²) >= 11 is 0. The first kappa shape index (κ1) is 105. The monoisotopic (exact) mass is 642 g/mol. The van der Waals surface area contributed by atoms with Crippen molar-refractivity contribution >= 4 is 34.7 Å². The standard InChI is InChI=1S/2Al.2Hf.3O.2Zr/q2*+3;;;3*-2;;. The third kappa shape index (κ3) is 68.6. The first-order chi connectivity index (χ1) is 0. The molecule has 0 fully saturated rings. The molecule has 9 heteroatoms. The van der Waals surface area contributed by atoms with Gasteiger partial charge in [-0.25, -0.2) is 0 Å². The van der Waals surface area contributed by atoms with Crippen molar-refractivity contribution in [2.45, 2.75) is 0 Å². The summed E-state index contributed by atoms with van der Waals surface area (Å²) in [5.74, 6) is 0. The molecule has 0 amide bonds. The second-order valence-electron chi connectivity index (χ2n) is 0. The fraction of sp³-hybridized carbons (Fsp3) is 0. The Morgan fingerprint density at radius 2 is 0.444 bits per heavy atom. The number of rotatable bonds is 0. The van der Waals surface area contributed by atoms with E-state index < -0.39 is 0 Å². The fourth-order valence-electron chi connectivity index (χ4n) is 0. The van der Waals surface area contributed by atoms with E-state index in [0.29, 0.717) is 0 Å². The van der Waals surface area contributed by atoms with Gasteiger partial charge in [0, 0.05) is 104 Å². The molecule has 0 aromatic carbocycles. The Hall–Kier alpha value is 4.45. The van der Waals surface area contributed by atoms with Gasteiger partial charge in [0.15, 0.2) is 0 Å². The summed E-state index contributed by atoms with van der Waals surface area (Å²) in [5.41, 5.74) is 0. The van der Waals surface area contributed by atoms with Crippen LogP contribution < -0.4 is 0 Å². The minimum atomic E-state index is 0. The van der Waals surface area contributed by atoms with Gasteiger partial charge in [0.1, 0.15) is 0 Å². The second kappa shape index (κ2) is 82.4. The Labute approximate surface area is 152 Å². The van der Waals surface area contributed by atoms with E-state index in [0.717, 1.165) is 0 Å². The van der Waals surface area contributed by atoms with Crippen LogP contribution in [0.15, 0.2) is 0 Å². The van der Waals surface area contributed by atoms with Gasteiger partial charge in [0.25, 0.3) is 0 Å². The molecule has 0 N–H and O–H groups in total. The molecule has 0 saturated carbocycles. The third-order valence-electron chi connectivity index (χ3n) is 0. The van der Waals surface area contributed by atoms with Crippen molar-refractivity contribution in [3.63, 3.8) is 0 Å². The molecule has 0 aliphatic carbocycles. The zero-order chi connectivity index (χ0) is 0. The average molecular weight is 641 g/mol. The Bertz CT molecular complexity index is 17.8. The first-order valence-electron chi connectivity index (χ1n) is 0. The van der Waals surface area contributed by atoms with Gasteiger partial charge in [-0.3, -0.25) is 0 Å². The zero-order valence-electron chi connectivity index (χ0n) is 4.38. The molecular formula is Al2Hf2O3Zr2. The average Bonchev–Trinajstić information content (AvgIpc) is 0. The molecule has 0 spiro atoms. The molecule has 0 aliphatic rings. The molecule has 40 valence electrons. The maximum absolute atomic E-state index is 0. The van der Waals surface area contributed by atoms with Crippen molar-refractivity contribution in [1.82, 2.24) is 0 Å². The van der Waals surface area contributed by atoms with E-state index in [2.05, 4.69) is 0 Å². The summed E-state index contributed by atoms with van der Waals surface area (Å²) in [4.78, 5) is 0. The molecule has 0 atom stereocenters. The van der Waals surface area contributed by atoms with Crippen LogP contribution >= 0.6 is 0 Å². The summed E-state index contributed by atoms with van der Waals surface area (Å²) in [5, 5.41) is 0. The molecule has 0 heterocycles. The Morgan fingerprint density at radius 3 is 0.444 bits per heavy atom. The van der Waals surface area contributed by atoms with Crippen molar-refractivity contribution in [2.75, 3.05) is 0 Å². The van der Waals surface area contributed by atoms with Gasteiger partial charge in [0.2, 0.25) is 0 Å². The summed E-state index contributed by atoms with van der Waals surface area (Å²) < 4.78 is 0. The van der Waals surface area contributed by atoms with Gasteiger partial charge in [-0.1, -0.05) is 0 Å². The minimum Gasteiger partial charge on any atom is -2.00 e. The fourth-order valence-corrected chi connectivity index (χ4v) is 0. The normalized spacial score (nSPS) is 0. The molecule has 0 unspecified atom stereocenters. The molecular weight excluding hydrogens is 641 g/mol. The van der Waals surface area contributed by atoms with E-state index in [1.807, 2.05) is 0 Å². The molecule has 0 aromatic heterocycles. The number of hydrogen-bond acceptors (Lipinski definition) is 0. The van der Waals surface area contributed by atoms with E-state index in [9.17, 15) is 0 Å².